The monoisotopic (exact) mass is 200 g/mol. The largest absolute Gasteiger partial charge is 0.366 e. The van der Waals surface area contributed by atoms with E-state index in [1.54, 1.807) is 6.20 Å². The Morgan fingerprint density at radius 1 is 1.47 bits per heavy atom. The van der Waals surface area contributed by atoms with Gasteiger partial charge in [0.2, 0.25) is 0 Å². The molecule has 2 aromatic rings. The molecule has 0 fully saturated rings. The summed E-state index contributed by atoms with van der Waals surface area (Å²) in [4.78, 5) is 8.70. The molecule has 1 aliphatic rings. The summed E-state index contributed by atoms with van der Waals surface area (Å²) in [5, 5.41) is 3.34. The molecule has 0 radical (unpaired) electrons. The average Bonchev–Trinajstić information content (AvgIpc) is 2.84. The van der Waals surface area contributed by atoms with E-state index in [2.05, 4.69) is 28.3 Å². The van der Waals surface area contributed by atoms with E-state index in [-0.39, 0.29) is 0 Å². The first-order valence-electron chi connectivity index (χ1n) is 5.07. The molecule has 4 nitrogen and oxygen atoms in total. The van der Waals surface area contributed by atoms with Crippen LogP contribution in [-0.2, 0) is 0 Å². The number of amidine groups is 1. The Kier molecular flexibility index (Phi) is 1.74. The minimum Gasteiger partial charge on any atom is -0.366 e. The van der Waals surface area contributed by atoms with Crippen LogP contribution in [0.1, 0.15) is 12.5 Å². The Labute approximate surface area is 87.7 Å². The van der Waals surface area contributed by atoms with E-state index in [0.29, 0.717) is 6.04 Å². The summed E-state index contributed by atoms with van der Waals surface area (Å²) in [6.45, 7) is 2.99. The van der Waals surface area contributed by atoms with Gasteiger partial charge >= 0.3 is 0 Å². The number of hydrogen-bond acceptors (Lipinski definition) is 3. The van der Waals surface area contributed by atoms with Gasteiger partial charge in [0, 0.05) is 30.2 Å². The molecule has 0 bridgehead atoms. The van der Waals surface area contributed by atoms with Crippen molar-refractivity contribution in [3.8, 4) is 0 Å². The van der Waals surface area contributed by atoms with Crippen molar-refractivity contribution in [3.05, 3.63) is 36.3 Å². The van der Waals surface area contributed by atoms with Crippen molar-refractivity contribution in [2.45, 2.75) is 13.0 Å². The summed E-state index contributed by atoms with van der Waals surface area (Å²) in [5.74, 6) is 0.980. The van der Waals surface area contributed by atoms with Crippen LogP contribution in [0.25, 0.3) is 5.65 Å². The zero-order valence-corrected chi connectivity index (χ0v) is 8.51. The summed E-state index contributed by atoms with van der Waals surface area (Å²) in [6.07, 6.45) is 5.74. The van der Waals surface area contributed by atoms with E-state index in [0.717, 1.165) is 23.6 Å². The van der Waals surface area contributed by atoms with Crippen LogP contribution in [0, 0.1) is 0 Å². The number of hydrogen-bond donors (Lipinski definition) is 1. The van der Waals surface area contributed by atoms with Crippen LogP contribution < -0.4 is 5.32 Å². The first kappa shape index (κ1) is 8.47. The lowest BCUT2D eigenvalue weighted by molar-refractivity contribution is 0.726. The smallest absolute Gasteiger partial charge is 0.137 e. The van der Waals surface area contributed by atoms with Gasteiger partial charge in [-0.3, -0.25) is 4.99 Å². The van der Waals surface area contributed by atoms with E-state index in [4.69, 9.17) is 0 Å². The molecule has 3 rings (SSSR count). The number of imidazole rings is 1. The highest BCUT2D eigenvalue weighted by Gasteiger charge is 2.14. The molecule has 1 unspecified atom stereocenters. The summed E-state index contributed by atoms with van der Waals surface area (Å²) in [7, 11) is 0. The zero-order chi connectivity index (χ0) is 10.3. The van der Waals surface area contributed by atoms with Crippen LogP contribution >= 0.6 is 0 Å². The van der Waals surface area contributed by atoms with Crippen molar-refractivity contribution >= 4 is 11.5 Å². The highest BCUT2D eigenvalue weighted by molar-refractivity contribution is 6.00. The lowest BCUT2D eigenvalue weighted by Gasteiger charge is -2.05. The lowest BCUT2D eigenvalue weighted by Crippen LogP contribution is -2.27. The quantitative estimate of drug-likeness (QED) is 0.748. The molecule has 2 aromatic heterocycles. The van der Waals surface area contributed by atoms with Gasteiger partial charge < -0.3 is 9.72 Å². The number of pyridine rings is 1. The van der Waals surface area contributed by atoms with Gasteiger partial charge in [-0.15, -0.1) is 0 Å². The van der Waals surface area contributed by atoms with Crippen LogP contribution in [0.5, 0.6) is 0 Å². The van der Waals surface area contributed by atoms with E-state index < -0.39 is 0 Å². The Bertz CT molecular complexity index is 526. The Balaban J connectivity index is 2.04. The maximum atomic E-state index is 4.45. The number of nitrogens with zero attached hydrogens (tertiary/aromatic N) is 3. The Morgan fingerprint density at radius 3 is 3.20 bits per heavy atom. The van der Waals surface area contributed by atoms with Gasteiger partial charge in [0.15, 0.2) is 0 Å². The van der Waals surface area contributed by atoms with Crippen molar-refractivity contribution < 1.29 is 0 Å². The second kappa shape index (κ2) is 3.08. The first-order valence-corrected chi connectivity index (χ1v) is 5.07. The maximum Gasteiger partial charge on any atom is 0.137 e. The number of aromatic nitrogens is 2. The fourth-order valence-electron chi connectivity index (χ4n) is 1.79. The number of nitrogens with one attached hydrogen (secondary N) is 1. The lowest BCUT2D eigenvalue weighted by atomic mass is 10.2. The van der Waals surface area contributed by atoms with Crippen LogP contribution in [0.4, 0.5) is 0 Å². The molecular formula is C11H12N4. The molecule has 0 amide bonds. The van der Waals surface area contributed by atoms with Gasteiger partial charge in [0.25, 0.3) is 0 Å². The average molecular weight is 200 g/mol. The molecule has 1 aliphatic heterocycles. The van der Waals surface area contributed by atoms with Crippen molar-refractivity contribution in [3.63, 3.8) is 0 Å². The highest BCUT2D eigenvalue weighted by Crippen LogP contribution is 2.09. The van der Waals surface area contributed by atoms with Crippen LogP contribution in [0.2, 0.25) is 0 Å². The Hall–Kier alpha value is -1.84. The second-order valence-corrected chi connectivity index (χ2v) is 3.84. The third kappa shape index (κ3) is 1.38. The first-order chi connectivity index (χ1) is 7.33. The summed E-state index contributed by atoms with van der Waals surface area (Å²) in [5.41, 5.74) is 2.06. The standard InChI is InChI=1S/C11H12N4/c1-8-7-13-11(14-8)9-2-4-15-5-3-12-10(15)6-9/h2-6,8H,7H2,1H3,(H,13,14). The van der Waals surface area contributed by atoms with E-state index in [1.807, 2.05) is 22.9 Å². The van der Waals surface area contributed by atoms with E-state index >= 15 is 0 Å². The molecule has 0 spiro atoms. The predicted molar refractivity (Wildman–Crippen MR) is 59.2 cm³/mol. The number of rotatable bonds is 1. The number of fused-ring (bicyclic) bond motifs is 1. The fraction of sp³-hybridized carbons (Fsp3) is 0.273. The molecule has 1 atom stereocenters. The topological polar surface area (TPSA) is 41.7 Å². The molecule has 15 heavy (non-hydrogen) atoms. The van der Waals surface area contributed by atoms with E-state index in [1.165, 1.54) is 0 Å². The van der Waals surface area contributed by atoms with Crippen molar-refractivity contribution in [1.82, 2.24) is 14.7 Å². The normalized spacial score (nSPS) is 20.3. The van der Waals surface area contributed by atoms with Gasteiger partial charge in [-0.1, -0.05) is 0 Å². The predicted octanol–water partition coefficient (Wildman–Crippen LogP) is 1.07. The highest BCUT2D eigenvalue weighted by atomic mass is 15.1. The van der Waals surface area contributed by atoms with Crippen LogP contribution in [0.15, 0.2) is 35.7 Å². The van der Waals surface area contributed by atoms with Crippen LogP contribution in [-0.4, -0.2) is 27.8 Å². The molecule has 0 aromatic carbocycles. The molecule has 76 valence electrons. The van der Waals surface area contributed by atoms with Crippen molar-refractivity contribution in [1.29, 1.82) is 0 Å². The minimum absolute atomic E-state index is 0.441. The van der Waals surface area contributed by atoms with Gasteiger partial charge in [0.05, 0.1) is 6.54 Å². The second-order valence-electron chi connectivity index (χ2n) is 3.84. The van der Waals surface area contributed by atoms with Gasteiger partial charge in [-0.05, 0) is 19.1 Å². The minimum atomic E-state index is 0.441. The molecule has 1 N–H and O–H groups in total. The molecule has 0 aliphatic carbocycles. The zero-order valence-electron chi connectivity index (χ0n) is 8.51. The summed E-state index contributed by atoms with van der Waals surface area (Å²) >= 11 is 0. The van der Waals surface area contributed by atoms with Gasteiger partial charge in [0.1, 0.15) is 11.5 Å². The third-order valence-corrected chi connectivity index (χ3v) is 2.58. The molecule has 3 heterocycles. The Morgan fingerprint density at radius 2 is 2.40 bits per heavy atom. The summed E-state index contributed by atoms with van der Waals surface area (Å²) < 4.78 is 1.99. The van der Waals surface area contributed by atoms with Gasteiger partial charge in [-0.25, -0.2) is 4.98 Å². The number of aliphatic imine (C=N–C) groups is 1. The third-order valence-electron chi connectivity index (χ3n) is 2.58. The molecule has 4 heteroatoms. The van der Waals surface area contributed by atoms with Crippen molar-refractivity contribution in [2.24, 2.45) is 4.99 Å². The maximum absolute atomic E-state index is 4.45. The molecular weight excluding hydrogens is 188 g/mol. The molecule has 0 saturated heterocycles. The SMILES string of the molecule is CC1CN=C(c2ccn3ccnc3c2)N1. The summed E-state index contributed by atoms with van der Waals surface area (Å²) in [6, 6.07) is 4.54. The molecule has 0 saturated carbocycles. The van der Waals surface area contributed by atoms with Crippen LogP contribution in [0.3, 0.4) is 0 Å². The van der Waals surface area contributed by atoms with Crippen molar-refractivity contribution in [2.75, 3.05) is 6.54 Å². The van der Waals surface area contributed by atoms with E-state index in [9.17, 15) is 0 Å². The van der Waals surface area contributed by atoms with Gasteiger partial charge in [-0.2, -0.15) is 0 Å². The fourth-order valence-corrected chi connectivity index (χ4v) is 1.79.